The molecular formula is C9H7ClF3NO2. The van der Waals surface area contributed by atoms with Gasteiger partial charge in [-0.1, -0.05) is 11.6 Å². The molecule has 1 aromatic carbocycles. The molecule has 1 amide bonds. The lowest BCUT2D eigenvalue weighted by Gasteiger charge is -2.16. The normalized spacial score (nSPS) is 11.4. The monoisotopic (exact) mass is 253 g/mol. The lowest BCUT2D eigenvalue weighted by molar-refractivity contribution is -0.137. The zero-order valence-electron chi connectivity index (χ0n) is 8.05. The number of halogens is 4. The maximum Gasteiger partial charge on any atom is 0.416 e. The number of hydrogen-bond acceptors (Lipinski definition) is 2. The molecule has 0 unspecified atom stereocenters. The molecule has 0 bridgehead atoms. The highest BCUT2D eigenvalue weighted by Gasteiger charge is 2.31. The van der Waals surface area contributed by atoms with Crippen molar-refractivity contribution in [1.29, 1.82) is 0 Å². The summed E-state index contributed by atoms with van der Waals surface area (Å²) in [5.41, 5.74) is -1.39. The van der Waals surface area contributed by atoms with Crippen molar-refractivity contribution >= 4 is 23.2 Å². The van der Waals surface area contributed by atoms with Crippen LogP contribution in [0.25, 0.3) is 0 Å². The van der Waals surface area contributed by atoms with Gasteiger partial charge >= 0.3 is 6.18 Å². The molecule has 0 fully saturated rings. The number of nitrogens with zero attached hydrogens (tertiary/aromatic N) is 1. The van der Waals surface area contributed by atoms with Crippen molar-refractivity contribution in [2.24, 2.45) is 0 Å². The summed E-state index contributed by atoms with van der Waals surface area (Å²) in [5.74, 6) is -0.832. The second-order valence-electron chi connectivity index (χ2n) is 2.99. The van der Waals surface area contributed by atoms with Crippen molar-refractivity contribution in [3.05, 3.63) is 28.8 Å². The molecule has 0 heterocycles. The molecule has 0 atom stereocenters. The topological polar surface area (TPSA) is 40.5 Å². The number of hydroxylamine groups is 1. The van der Waals surface area contributed by atoms with Crippen molar-refractivity contribution in [1.82, 2.24) is 0 Å². The summed E-state index contributed by atoms with van der Waals surface area (Å²) in [5, 5.41) is 9.12. The highest BCUT2D eigenvalue weighted by atomic mass is 35.5. The number of rotatable bonds is 1. The van der Waals surface area contributed by atoms with Crippen LogP contribution in [0.15, 0.2) is 18.2 Å². The Morgan fingerprint density at radius 3 is 2.44 bits per heavy atom. The zero-order chi connectivity index (χ0) is 12.5. The van der Waals surface area contributed by atoms with Gasteiger partial charge in [-0.2, -0.15) is 18.2 Å². The molecule has 88 valence electrons. The maximum absolute atomic E-state index is 12.3. The van der Waals surface area contributed by atoms with E-state index in [1.54, 1.807) is 0 Å². The van der Waals surface area contributed by atoms with Crippen LogP contribution in [-0.2, 0) is 11.0 Å². The van der Waals surface area contributed by atoms with E-state index in [0.29, 0.717) is 6.07 Å². The minimum Gasteiger partial charge on any atom is -0.281 e. The van der Waals surface area contributed by atoms with Gasteiger partial charge in [0.05, 0.1) is 16.3 Å². The highest BCUT2D eigenvalue weighted by Crippen LogP contribution is 2.34. The lowest BCUT2D eigenvalue weighted by atomic mass is 10.2. The van der Waals surface area contributed by atoms with Gasteiger partial charge in [-0.25, -0.2) is 0 Å². The molecule has 0 aliphatic rings. The van der Waals surface area contributed by atoms with Crippen molar-refractivity contribution in [2.45, 2.75) is 13.1 Å². The third kappa shape index (κ3) is 2.65. The van der Waals surface area contributed by atoms with Crippen LogP contribution in [0.1, 0.15) is 12.5 Å². The van der Waals surface area contributed by atoms with Crippen LogP contribution >= 0.6 is 11.6 Å². The number of hydrogen-bond donors (Lipinski definition) is 1. The Hall–Kier alpha value is -1.27. The summed E-state index contributed by atoms with van der Waals surface area (Å²) in [7, 11) is 0. The smallest absolute Gasteiger partial charge is 0.281 e. The van der Waals surface area contributed by atoms with E-state index in [1.165, 1.54) is 0 Å². The molecule has 1 rings (SSSR count). The first kappa shape index (κ1) is 12.8. The third-order valence-electron chi connectivity index (χ3n) is 1.80. The fourth-order valence-electron chi connectivity index (χ4n) is 1.02. The van der Waals surface area contributed by atoms with Gasteiger partial charge in [-0.15, -0.1) is 0 Å². The van der Waals surface area contributed by atoms with Gasteiger partial charge in [-0.3, -0.25) is 10.0 Å². The van der Waals surface area contributed by atoms with E-state index in [2.05, 4.69) is 0 Å². The quantitative estimate of drug-likeness (QED) is 0.617. The van der Waals surface area contributed by atoms with Crippen LogP contribution < -0.4 is 5.06 Å². The summed E-state index contributed by atoms with van der Waals surface area (Å²) in [4.78, 5) is 10.8. The molecule has 7 heteroatoms. The van der Waals surface area contributed by atoms with E-state index >= 15 is 0 Å². The molecule has 1 N–H and O–H groups in total. The zero-order valence-corrected chi connectivity index (χ0v) is 8.80. The minimum absolute atomic E-state index is 0.0670. The van der Waals surface area contributed by atoms with E-state index in [0.717, 1.165) is 19.1 Å². The van der Waals surface area contributed by atoms with Crippen molar-refractivity contribution < 1.29 is 23.2 Å². The number of anilines is 1. The van der Waals surface area contributed by atoms with Gasteiger partial charge in [0.2, 0.25) is 5.91 Å². The second kappa shape index (κ2) is 4.31. The van der Waals surface area contributed by atoms with E-state index in [1.807, 2.05) is 0 Å². The molecule has 0 aliphatic heterocycles. The largest absolute Gasteiger partial charge is 0.416 e. The van der Waals surface area contributed by atoms with E-state index in [-0.39, 0.29) is 10.1 Å². The number of amides is 1. The molecule has 0 aliphatic carbocycles. The van der Waals surface area contributed by atoms with Gasteiger partial charge in [0.25, 0.3) is 0 Å². The Morgan fingerprint density at radius 1 is 1.44 bits per heavy atom. The van der Waals surface area contributed by atoms with Crippen molar-refractivity contribution in [3.8, 4) is 0 Å². The minimum atomic E-state index is -4.56. The number of benzene rings is 1. The second-order valence-corrected chi connectivity index (χ2v) is 3.40. The van der Waals surface area contributed by atoms with Crippen LogP contribution in [0.3, 0.4) is 0 Å². The molecule has 0 radical (unpaired) electrons. The summed E-state index contributed by atoms with van der Waals surface area (Å²) >= 11 is 5.56. The third-order valence-corrected chi connectivity index (χ3v) is 2.12. The summed E-state index contributed by atoms with van der Waals surface area (Å²) < 4.78 is 37.0. The molecule has 1 aromatic rings. The van der Waals surface area contributed by atoms with Crippen LogP contribution in [0, 0.1) is 0 Å². The first-order valence-corrected chi connectivity index (χ1v) is 4.47. The van der Waals surface area contributed by atoms with Crippen LogP contribution in [0.4, 0.5) is 18.9 Å². The van der Waals surface area contributed by atoms with Gasteiger partial charge in [-0.05, 0) is 18.2 Å². The Labute approximate surface area is 94.0 Å². The average molecular weight is 254 g/mol. The fourth-order valence-corrected chi connectivity index (χ4v) is 1.22. The molecular weight excluding hydrogens is 247 g/mol. The van der Waals surface area contributed by atoms with Gasteiger partial charge in [0.1, 0.15) is 0 Å². The van der Waals surface area contributed by atoms with Crippen LogP contribution in [0.2, 0.25) is 5.02 Å². The Balaban J connectivity index is 3.24. The summed E-state index contributed by atoms with van der Waals surface area (Å²) in [6.45, 7) is 0.997. The van der Waals surface area contributed by atoms with Crippen LogP contribution in [0.5, 0.6) is 0 Å². The van der Waals surface area contributed by atoms with E-state index in [9.17, 15) is 23.2 Å². The van der Waals surface area contributed by atoms with Crippen LogP contribution in [-0.4, -0.2) is 11.1 Å². The first-order valence-electron chi connectivity index (χ1n) is 4.10. The average Bonchev–Trinajstić information content (AvgIpc) is 2.15. The predicted molar refractivity (Wildman–Crippen MR) is 51.4 cm³/mol. The van der Waals surface area contributed by atoms with Gasteiger partial charge < -0.3 is 0 Å². The van der Waals surface area contributed by atoms with E-state index in [4.69, 9.17) is 11.6 Å². The van der Waals surface area contributed by atoms with Crippen molar-refractivity contribution in [3.63, 3.8) is 0 Å². The molecule has 3 nitrogen and oxygen atoms in total. The Bertz CT molecular complexity index is 420. The number of alkyl halides is 3. The Kier molecular flexibility index (Phi) is 3.44. The predicted octanol–water partition coefficient (Wildman–Crippen LogP) is 3.10. The van der Waals surface area contributed by atoms with Crippen molar-refractivity contribution in [2.75, 3.05) is 5.06 Å². The summed E-state index contributed by atoms with van der Waals surface area (Å²) in [6.07, 6.45) is -4.56. The molecule has 0 saturated heterocycles. The Morgan fingerprint density at radius 2 is 2.00 bits per heavy atom. The number of carbonyl (C=O) groups is 1. The highest BCUT2D eigenvalue weighted by molar-refractivity contribution is 6.33. The van der Waals surface area contributed by atoms with E-state index < -0.39 is 23.3 Å². The van der Waals surface area contributed by atoms with Gasteiger partial charge in [0.15, 0.2) is 0 Å². The fraction of sp³-hybridized carbons (Fsp3) is 0.222. The lowest BCUT2D eigenvalue weighted by Crippen LogP contribution is -2.24. The first-order chi connectivity index (χ1) is 7.23. The molecule has 0 spiro atoms. The molecule has 0 aromatic heterocycles. The number of carbonyl (C=O) groups excluding carboxylic acids is 1. The van der Waals surface area contributed by atoms with Gasteiger partial charge in [0, 0.05) is 6.92 Å². The summed E-state index contributed by atoms with van der Waals surface area (Å²) in [6, 6.07) is 2.33. The molecule has 16 heavy (non-hydrogen) atoms. The molecule has 0 saturated carbocycles. The standard InChI is InChI=1S/C9H7ClF3NO2/c1-5(15)14(16)8-4-6(9(11,12)13)2-3-7(8)10/h2-4,16H,1H3. The SMILES string of the molecule is CC(=O)N(O)c1cc(C(F)(F)F)ccc1Cl. The maximum atomic E-state index is 12.3.